The van der Waals surface area contributed by atoms with E-state index in [0.29, 0.717) is 12.4 Å². The lowest BCUT2D eigenvalue weighted by atomic mass is 10.0. The van der Waals surface area contributed by atoms with E-state index in [-0.39, 0.29) is 18.0 Å². The molecule has 0 saturated carbocycles. The molecule has 0 fully saturated rings. The van der Waals surface area contributed by atoms with Gasteiger partial charge in [0, 0.05) is 12.4 Å². The van der Waals surface area contributed by atoms with E-state index in [2.05, 4.69) is 5.32 Å². The second-order valence-electron chi connectivity index (χ2n) is 3.73. The molecule has 1 aromatic rings. The maximum atomic E-state index is 9.12. The third-order valence-electron chi connectivity index (χ3n) is 2.43. The van der Waals surface area contributed by atoms with Crippen molar-refractivity contribution < 1.29 is 5.11 Å². The minimum absolute atomic E-state index is 0.0601. The van der Waals surface area contributed by atoms with Crippen LogP contribution in [0.4, 0.5) is 0 Å². The molecule has 0 unspecified atom stereocenters. The van der Waals surface area contributed by atoms with Gasteiger partial charge in [-0.05, 0) is 12.5 Å². The van der Waals surface area contributed by atoms with Gasteiger partial charge in [0.05, 0.1) is 18.0 Å². The molecule has 4 heteroatoms. The summed E-state index contributed by atoms with van der Waals surface area (Å²) in [6.07, 6.45) is 0. The smallest absolute Gasteiger partial charge is 0.0761 e. The maximum absolute atomic E-state index is 9.12. The van der Waals surface area contributed by atoms with E-state index in [0.717, 1.165) is 5.56 Å². The lowest BCUT2D eigenvalue weighted by molar-refractivity contribution is 0.271. The van der Waals surface area contributed by atoms with Crippen LogP contribution in [0.2, 0.25) is 0 Å². The number of aliphatic hydroxyl groups is 1. The molecule has 16 heavy (non-hydrogen) atoms. The van der Waals surface area contributed by atoms with E-state index in [1.54, 1.807) is 0 Å². The van der Waals surface area contributed by atoms with Crippen molar-refractivity contribution in [2.24, 2.45) is 0 Å². The summed E-state index contributed by atoms with van der Waals surface area (Å²) in [5, 5.41) is 12.0. The Morgan fingerprint density at radius 3 is 2.44 bits per heavy atom. The van der Waals surface area contributed by atoms with Crippen LogP contribution in [0.1, 0.15) is 17.2 Å². The van der Waals surface area contributed by atoms with Crippen molar-refractivity contribution in [3.05, 3.63) is 35.4 Å². The normalized spacial score (nSPS) is 14.8. The summed E-state index contributed by atoms with van der Waals surface area (Å²) in [4.78, 5) is 0. The van der Waals surface area contributed by atoms with Gasteiger partial charge in [0.2, 0.25) is 0 Å². The number of benzene rings is 1. The van der Waals surface area contributed by atoms with Gasteiger partial charge in [0.15, 0.2) is 0 Å². The van der Waals surface area contributed by atoms with Crippen molar-refractivity contribution in [2.75, 3.05) is 19.0 Å². The summed E-state index contributed by atoms with van der Waals surface area (Å²) in [6, 6.07) is 8.04. The lowest BCUT2D eigenvalue weighted by Crippen LogP contribution is -2.32. The molecular formula is C12H17Cl2NO. The van der Waals surface area contributed by atoms with E-state index in [9.17, 15) is 0 Å². The van der Waals surface area contributed by atoms with Crippen molar-refractivity contribution >= 4 is 23.2 Å². The highest BCUT2D eigenvalue weighted by atomic mass is 35.5. The van der Waals surface area contributed by atoms with Crippen LogP contribution in [0.5, 0.6) is 0 Å². The van der Waals surface area contributed by atoms with Crippen LogP contribution < -0.4 is 5.32 Å². The van der Waals surface area contributed by atoms with Crippen molar-refractivity contribution in [1.82, 2.24) is 5.32 Å². The Balaban J connectivity index is 2.78. The predicted molar refractivity (Wildman–Crippen MR) is 69.4 cm³/mol. The van der Waals surface area contributed by atoms with Crippen molar-refractivity contribution in [1.29, 1.82) is 0 Å². The van der Waals surface area contributed by atoms with Gasteiger partial charge in [-0.25, -0.2) is 0 Å². The minimum Gasteiger partial charge on any atom is -0.395 e. The molecule has 0 bridgehead atoms. The molecule has 90 valence electrons. The van der Waals surface area contributed by atoms with Crippen LogP contribution >= 0.6 is 23.2 Å². The first-order valence-electron chi connectivity index (χ1n) is 5.30. The monoisotopic (exact) mass is 261 g/mol. The fraction of sp³-hybridized carbons (Fsp3) is 0.500. The molecule has 2 atom stereocenters. The molecule has 0 saturated heterocycles. The number of hydrogen-bond donors (Lipinski definition) is 2. The molecule has 1 aromatic carbocycles. The zero-order chi connectivity index (χ0) is 12.0. The standard InChI is InChI=1S/C12H17Cl2NO/c1-9-2-4-10(5-3-9)12(11(14)8-16)15-7-6-13/h2-5,11-12,15-16H,6-8H2,1H3/t11-,12+/m0/s1. The Morgan fingerprint density at radius 2 is 1.94 bits per heavy atom. The first kappa shape index (κ1) is 13.8. The number of nitrogens with one attached hydrogen (secondary N) is 1. The third-order valence-corrected chi connectivity index (χ3v) is 3.01. The van der Waals surface area contributed by atoms with E-state index >= 15 is 0 Å². The minimum atomic E-state index is -0.342. The quantitative estimate of drug-likeness (QED) is 0.772. The van der Waals surface area contributed by atoms with Gasteiger partial charge in [0.1, 0.15) is 0 Å². The zero-order valence-electron chi connectivity index (χ0n) is 9.29. The first-order chi connectivity index (χ1) is 7.69. The molecule has 0 aliphatic heterocycles. The van der Waals surface area contributed by atoms with E-state index < -0.39 is 0 Å². The summed E-state index contributed by atoms with van der Waals surface area (Å²) in [5.74, 6) is 0.525. The molecule has 0 aliphatic rings. The second-order valence-corrected chi connectivity index (χ2v) is 4.67. The van der Waals surface area contributed by atoms with Gasteiger partial charge in [-0.3, -0.25) is 0 Å². The van der Waals surface area contributed by atoms with Crippen molar-refractivity contribution in [2.45, 2.75) is 18.3 Å². The SMILES string of the molecule is Cc1ccc([C@@H](NCCCl)[C@@H](Cl)CO)cc1. The summed E-state index contributed by atoms with van der Waals surface area (Å²) in [7, 11) is 0. The van der Waals surface area contributed by atoms with Crippen LogP contribution in [-0.4, -0.2) is 29.5 Å². The fourth-order valence-electron chi connectivity index (χ4n) is 1.54. The zero-order valence-corrected chi connectivity index (χ0v) is 10.8. The molecule has 0 amide bonds. The third kappa shape index (κ3) is 3.95. The summed E-state index contributed by atoms with van der Waals surface area (Å²) in [5.41, 5.74) is 2.28. The molecule has 0 radical (unpaired) electrons. The Labute approximate surface area is 107 Å². The molecule has 0 aliphatic carbocycles. The molecule has 0 heterocycles. The highest BCUT2D eigenvalue weighted by molar-refractivity contribution is 6.21. The molecule has 1 rings (SSSR count). The Morgan fingerprint density at radius 1 is 1.31 bits per heavy atom. The van der Waals surface area contributed by atoms with Crippen LogP contribution in [0, 0.1) is 6.92 Å². The van der Waals surface area contributed by atoms with Crippen molar-refractivity contribution in [3.8, 4) is 0 Å². The number of aliphatic hydroxyl groups excluding tert-OH is 1. The Kier molecular flexibility index (Phi) is 6.14. The largest absolute Gasteiger partial charge is 0.395 e. The van der Waals surface area contributed by atoms with Crippen LogP contribution in [0.15, 0.2) is 24.3 Å². The second kappa shape index (κ2) is 7.13. The van der Waals surface area contributed by atoms with Gasteiger partial charge in [-0.15, -0.1) is 23.2 Å². The van der Waals surface area contributed by atoms with Crippen LogP contribution in [-0.2, 0) is 0 Å². The van der Waals surface area contributed by atoms with Gasteiger partial charge in [-0.2, -0.15) is 0 Å². The van der Waals surface area contributed by atoms with Crippen molar-refractivity contribution in [3.63, 3.8) is 0 Å². The first-order valence-corrected chi connectivity index (χ1v) is 6.27. The molecule has 2 N–H and O–H groups in total. The average molecular weight is 262 g/mol. The Bertz CT molecular complexity index is 302. The molecule has 0 aromatic heterocycles. The average Bonchev–Trinajstić information content (AvgIpc) is 2.31. The summed E-state index contributed by atoms with van der Waals surface area (Å²) < 4.78 is 0. The number of alkyl halides is 2. The van der Waals surface area contributed by atoms with Gasteiger partial charge < -0.3 is 10.4 Å². The van der Waals surface area contributed by atoms with Crippen LogP contribution in [0.25, 0.3) is 0 Å². The van der Waals surface area contributed by atoms with Gasteiger partial charge in [-0.1, -0.05) is 29.8 Å². The predicted octanol–water partition coefficient (Wildman–Crippen LogP) is 2.46. The molecular weight excluding hydrogens is 245 g/mol. The highest BCUT2D eigenvalue weighted by Gasteiger charge is 2.19. The van der Waals surface area contributed by atoms with E-state index in [4.69, 9.17) is 28.3 Å². The maximum Gasteiger partial charge on any atom is 0.0761 e. The lowest BCUT2D eigenvalue weighted by Gasteiger charge is -2.22. The van der Waals surface area contributed by atoms with Gasteiger partial charge in [0.25, 0.3) is 0 Å². The van der Waals surface area contributed by atoms with E-state index in [1.165, 1.54) is 5.56 Å². The number of aryl methyl sites for hydroxylation is 1. The summed E-state index contributed by atoms with van der Waals surface area (Å²) >= 11 is 11.7. The van der Waals surface area contributed by atoms with Gasteiger partial charge >= 0.3 is 0 Å². The topological polar surface area (TPSA) is 32.3 Å². The molecule has 2 nitrogen and oxygen atoms in total. The Hall–Kier alpha value is -0.280. The number of hydrogen-bond acceptors (Lipinski definition) is 2. The molecule has 0 spiro atoms. The van der Waals surface area contributed by atoms with E-state index in [1.807, 2.05) is 31.2 Å². The summed E-state index contributed by atoms with van der Waals surface area (Å²) in [6.45, 7) is 2.65. The number of halogens is 2. The fourth-order valence-corrected chi connectivity index (χ4v) is 1.89. The highest BCUT2D eigenvalue weighted by Crippen LogP contribution is 2.21. The number of rotatable bonds is 6. The van der Waals surface area contributed by atoms with Crippen LogP contribution in [0.3, 0.4) is 0 Å².